The molecule has 4 fully saturated rings. The Bertz CT molecular complexity index is 451. The van der Waals surface area contributed by atoms with E-state index in [9.17, 15) is 9.90 Å². The van der Waals surface area contributed by atoms with Crippen LogP contribution >= 0.6 is 11.6 Å². The van der Waals surface area contributed by atoms with Crippen LogP contribution in [0.15, 0.2) is 0 Å². The molecule has 0 aromatic rings. The highest BCUT2D eigenvalue weighted by Gasteiger charge is 2.65. The molecule has 1 heterocycles. The molecular formula is C17H26ClNO3. The van der Waals surface area contributed by atoms with Crippen molar-refractivity contribution in [2.75, 3.05) is 0 Å². The quantitative estimate of drug-likeness (QED) is 0.639. The summed E-state index contributed by atoms with van der Waals surface area (Å²) >= 11 is 5.89. The van der Waals surface area contributed by atoms with Crippen LogP contribution in [0.2, 0.25) is 0 Å². The van der Waals surface area contributed by atoms with Gasteiger partial charge in [-0.05, 0) is 44.4 Å². The van der Waals surface area contributed by atoms with Crippen LogP contribution in [0, 0.1) is 17.8 Å². The van der Waals surface area contributed by atoms with Crippen LogP contribution < -0.4 is 0 Å². The van der Waals surface area contributed by atoms with Crippen molar-refractivity contribution in [3.63, 3.8) is 0 Å². The van der Waals surface area contributed by atoms with Gasteiger partial charge in [0, 0.05) is 12.0 Å². The predicted octanol–water partition coefficient (Wildman–Crippen LogP) is 2.52. The molecule has 0 amide bonds. The Kier molecular flexibility index (Phi) is 3.90. The summed E-state index contributed by atoms with van der Waals surface area (Å²) in [6.45, 7) is 1.67. The van der Waals surface area contributed by atoms with Crippen molar-refractivity contribution in [1.82, 2.24) is 4.90 Å². The van der Waals surface area contributed by atoms with Gasteiger partial charge in [0.1, 0.15) is 17.7 Å². The van der Waals surface area contributed by atoms with Gasteiger partial charge in [0.25, 0.3) is 0 Å². The number of rotatable bonds is 3. The summed E-state index contributed by atoms with van der Waals surface area (Å²) in [7, 11) is 0. The number of carbonyl (C=O) groups excluding carboxylic acids is 1. The van der Waals surface area contributed by atoms with Crippen molar-refractivity contribution in [3.8, 4) is 0 Å². The Morgan fingerprint density at radius 3 is 2.59 bits per heavy atom. The Morgan fingerprint density at radius 1 is 1.23 bits per heavy atom. The van der Waals surface area contributed by atoms with Crippen LogP contribution in [-0.4, -0.2) is 45.8 Å². The highest BCUT2D eigenvalue weighted by molar-refractivity contribution is 6.29. The summed E-state index contributed by atoms with van der Waals surface area (Å²) in [5.41, 5.74) is 0. The highest BCUT2D eigenvalue weighted by Crippen LogP contribution is 2.59. The van der Waals surface area contributed by atoms with E-state index >= 15 is 0 Å². The van der Waals surface area contributed by atoms with Crippen LogP contribution in [0.25, 0.3) is 0 Å². The van der Waals surface area contributed by atoms with Crippen LogP contribution in [-0.2, 0) is 9.53 Å². The molecule has 1 N–H and O–H groups in total. The van der Waals surface area contributed by atoms with Gasteiger partial charge < -0.3 is 9.84 Å². The number of fused-ring (bicyclic) bond motifs is 1. The van der Waals surface area contributed by atoms with Crippen LogP contribution in [0.1, 0.15) is 51.9 Å². The molecule has 4 rings (SSSR count). The summed E-state index contributed by atoms with van der Waals surface area (Å²) < 4.78 is 5.78. The zero-order chi connectivity index (χ0) is 15.4. The molecule has 1 saturated heterocycles. The summed E-state index contributed by atoms with van der Waals surface area (Å²) in [5.74, 6) is 1.01. The Labute approximate surface area is 137 Å². The molecule has 1 aliphatic heterocycles. The fourth-order valence-electron chi connectivity index (χ4n) is 5.69. The molecule has 0 radical (unpaired) electrons. The number of aliphatic hydroxyl groups excluding tert-OH is 1. The van der Waals surface area contributed by atoms with E-state index in [-0.39, 0.29) is 24.3 Å². The molecule has 0 spiro atoms. The van der Waals surface area contributed by atoms with Crippen molar-refractivity contribution in [3.05, 3.63) is 0 Å². The zero-order valence-corrected chi connectivity index (χ0v) is 13.9. The van der Waals surface area contributed by atoms with Crippen molar-refractivity contribution < 1.29 is 14.6 Å². The summed E-state index contributed by atoms with van der Waals surface area (Å²) in [4.78, 5) is 14.3. The van der Waals surface area contributed by atoms with E-state index in [0.29, 0.717) is 23.8 Å². The SMILES string of the molecule is CC(Cl)C(=O)OC1C2CC3C(C2)C1N(C1CCCCC1)C3O. The lowest BCUT2D eigenvalue weighted by Gasteiger charge is -2.39. The number of alkyl halides is 1. The molecule has 0 aromatic heterocycles. The maximum absolute atomic E-state index is 12.0. The molecular weight excluding hydrogens is 302 g/mol. The molecule has 3 aliphatic carbocycles. The third kappa shape index (κ3) is 2.22. The van der Waals surface area contributed by atoms with Crippen molar-refractivity contribution in [2.45, 2.75) is 81.7 Å². The molecule has 124 valence electrons. The molecule has 3 saturated carbocycles. The van der Waals surface area contributed by atoms with Crippen molar-refractivity contribution >= 4 is 17.6 Å². The minimum atomic E-state index is -0.593. The number of likely N-dealkylation sites (tertiary alicyclic amines) is 1. The molecule has 0 aromatic carbocycles. The van der Waals surface area contributed by atoms with Crippen LogP contribution in [0.4, 0.5) is 0 Å². The zero-order valence-electron chi connectivity index (χ0n) is 13.2. The van der Waals surface area contributed by atoms with E-state index in [4.69, 9.17) is 16.3 Å². The maximum Gasteiger partial charge on any atom is 0.324 e. The second-order valence-corrected chi connectivity index (χ2v) is 8.37. The Balaban J connectivity index is 1.56. The van der Waals surface area contributed by atoms with Crippen molar-refractivity contribution in [1.29, 1.82) is 0 Å². The monoisotopic (exact) mass is 327 g/mol. The van der Waals surface area contributed by atoms with Crippen LogP contribution in [0.3, 0.4) is 0 Å². The standard InChI is InChI=1S/C17H26ClNO3/c1-9(18)17(21)22-15-10-7-12-13(8-10)16(20)19(14(12)15)11-5-3-2-4-6-11/h9-16,20H,2-8H2,1H3. The van der Waals surface area contributed by atoms with Gasteiger partial charge in [-0.3, -0.25) is 9.69 Å². The third-order valence-electron chi connectivity index (χ3n) is 6.55. The molecule has 22 heavy (non-hydrogen) atoms. The molecule has 5 heteroatoms. The lowest BCUT2D eigenvalue weighted by atomic mass is 9.87. The molecule has 7 unspecified atom stereocenters. The van der Waals surface area contributed by atoms with Gasteiger partial charge in [0.15, 0.2) is 0 Å². The van der Waals surface area contributed by atoms with Gasteiger partial charge in [-0.2, -0.15) is 0 Å². The second kappa shape index (κ2) is 5.64. The van der Waals surface area contributed by atoms with Gasteiger partial charge >= 0.3 is 5.97 Å². The fraction of sp³-hybridized carbons (Fsp3) is 0.941. The molecule has 4 nitrogen and oxygen atoms in total. The van der Waals surface area contributed by atoms with Gasteiger partial charge in [-0.15, -0.1) is 11.6 Å². The third-order valence-corrected chi connectivity index (χ3v) is 6.72. The average Bonchev–Trinajstić information content (AvgIpc) is 3.12. The van der Waals surface area contributed by atoms with Gasteiger partial charge in [-0.25, -0.2) is 0 Å². The predicted molar refractivity (Wildman–Crippen MR) is 83.4 cm³/mol. The first-order valence-electron chi connectivity index (χ1n) is 8.88. The highest BCUT2D eigenvalue weighted by atomic mass is 35.5. The van der Waals surface area contributed by atoms with Gasteiger partial charge in [0.2, 0.25) is 0 Å². The first kappa shape index (κ1) is 15.2. The number of halogens is 1. The minimum Gasteiger partial charge on any atom is -0.459 e. The number of aliphatic hydroxyl groups is 1. The second-order valence-electron chi connectivity index (χ2n) is 7.72. The molecule has 7 atom stereocenters. The number of ether oxygens (including phenoxy) is 1. The number of hydrogen-bond acceptors (Lipinski definition) is 4. The average molecular weight is 328 g/mol. The Morgan fingerprint density at radius 2 is 1.91 bits per heavy atom. The molecule has 2 bridgehead atoms. The molecule has 4 aliphatic rings. The van der Waals surface area contributed by atoms with E-state index in [0.717, 1.165) is 12.8 Å². The summed E-state index contributed by atoms with van der Waals surface area (Å²) in [5, 5.41) is 10.2. The maximum atomic E-state index is 12.0. The number of nitrogens with zero attached hydrogens (tertiary/aromatic N) is 1. The largest absolute Gasteiger partial charge is 0.459 e. The Hall–Kier alpha value is -0.320. The summed E-state index contributed by atoms with van der Waals surface area (Å²) in [6, 6.07) is 0.689. The number of carbonyl (C=O) groups is 1. The topological polar surface area (TPSA) is 49.8 Å². The van der Waals surface area contributed by atoms with Gasteiger partial charge in [-0.1, -0.05) is 19.3 Å². The number of hydrogen-bond donors (Lipinski definition) is 1. The van der Waals surface area contributed by atoms with Crippen LogP contribution in [0.5, 0.6) is 0 Å². The first-order valence-corrected chi connectivity index (χ1v) is 9.31. The van der Waals surface area contributed by atoms with E-state index in [1.54, 1.807) is 6.92 Å². The van der Waals surface area contributed by atoms with Crippen molar-refractivity contribution in [2.24, 2.45) is 17.8 Å². The smallest absolute Gasteiger partial charge is 0.324 e. The number of esters is 1. The van der Waals surface area contributed by atoms with E-state index in [2.05, 4.69) is 4.90 Å². The lowest BCUT2D eigenvalue weighted by molar-refractivity contribution is -0.155. The summed E-state index contributed by atoms with van der Waals surface area (Å²) in [6.07, 6.45) is 7.86. The normalized spacial score (nSPS) is 46.1. The van der Waals surface area contributed by atoms with E-state index in [1.807, 2.05) is 0 Å². The fourth-order valence-corrected chi connectivity index (χ4v) is 5.74. The first-order chi connectivity index (χ1) is 10.6. The lowest BCUT2D eigenvalue weighted by Crippen LogP contribution is -2.50. The van der Waals surface area contributed by atoms with E-state index < -0.39 is 5.38 Å². The van der Waals surface area contributed by atoms with Gasteiger partial charge in [0.05, 0.1) is 6.04 Å². The van der Waals surface area contributed by atoms with E-state index in [1.165, 1.54) is 32.1 Å². The minimum absolute atomic E-state index is 0.0611.